The zero-order valence-corrected chi connectivity index (χ0v) is 13.7. The molecule has 2 amide bonds. The van der Waals surface area contributed by atoms with Crippen molar-refractivity contribution < 1.29 is 14.3 Å². The second-order valence-corrected chi connectivity index (χ2v) is 6.13. The summed E-state index contributed by atoms with van der Waals surface area (Å²) in [5, 5.41) is 15.8. The molecule has 7 heteroatoms. The highest BCUT2D eigenvalue weighted by Crippen LogP contribution is 2.26. The Morgan fingerprint density at radius 3 is 2.88 bits per heavy atom. The minimum absolute atomic E-state index is 0.0334. The molecule has 1 aliphatic rings. The molecule has 1 saturated heterocycles. The van der Waals surface area contributed by atoms with Gasteiger partial charge in [0, 0.05) is 19.3 Å². The van der Waals surface area contributed by atoms with Gasteiger partial charge in [-0.25, -0.2) is 9.78 Å². The first-order valence-corrected chi connectivity index (χ1v) is 8.07. The molecule has 0 aliphatic carbocycles. The number of amides is 2. The Morgan fingerprint density at radius 1 is 1.38 bits per heavy atom. The van der Waals surface area contributed by atoms with E-state index in [9.17, 15) is 9.90 Å². The molecule has 0 saturated carbocycles. The first-order valence-electron chi connectivity index (χ1n) is 8.07. The first kappa shape index (κ1) is 16.3. The van der Waals surface area contributed by atoms with E-state index in [1.54, 1.807) is 31.3 Å². The van der Waals surface area contributed by atoms with Gasteiger partial charge in [0.25, 0.3) is 0 Å². The van der Waals surface area contributed by atoms with Crippen molar-refractivity contribution >= 4 is 17.5 Å². The lowest BCUT2D eigenvalue weighted by Gasteiger charge is -2.22. The summed E-state index contributed by atoms with van der Waals surface area (Å²) in [5.74, 6) is 1.19. The van der Waals surface area contributed by atoms with Gasteiger partial charge in [-0.2, -0.15) is 0 Å². The number of rotatable bonds is 5. The molecule has 0 aromatic carbocycles. The number of anilines is 2. The van der Waals surface area contributed by atoms with Crippen LogP contribution in [0.25, 0.3) is 0 Å². The molecule has 1 unspecified atom stereocenters. The molecule has 0 spiro atoms. The second kappa shape index (κ2) is 6.92. The Morgan fingerprint density at radius 2 is 2.17 bits per heavy atom. The summed E-state index contributed by atoms with van der Waals surface area (Å²) >= 11 is 0. The van der Waals surface area contributed by atoms with Crippen molar-refractivity contribution in [2.45, 2.75) is 25.4 Å². The van der Waals surface area contributed by atoms with Gasteiger partial charge in [-0.1, -0.05) is 0 Å². The van der Waals surface area contributed by atoms with Gasteiger partial charge in [0.1, 0.15) is 11.4 Å². The van der Waals surface area contributed by atoms with Gasteiger partial charge in [0.15, 0.2) is 5.82 Å². The third-order valence-corrected chi connectivity index (χ3v) is 4.09. The van der Waals surface area contributed by atoms with Crippen LogP contribution in [0.15, 0.2) is 41.1 Å². The molecule has 0 radical (unpaired) electrons. The average molecular weight is 330 g/mol. The lowest BCUT2D eigenvalue weighted by molar-refractivity contribution is 0.0372. The van der Waals surface area contributed by atoms with Gasteiger partial charge in [-0.15, -0.1) is 0 Å². The number of hydrogen-bond donors (Lipinski definition) is 3. The highest BCUT2D eigenvalue weighted by Gasteiger charge is 2.27. The molecule has 0 bridgehead atoms. The average Bonchev–Trinajstić information content (AvgIpc) is 3.27. The van der Waals surface area contributed by atoms with Crippen LogP contribution in [0.2, 0.25) is 0 Å². The van der Waals surface area contributed by atoms with Crippen molar-refractivity contribution in [3.63, 3.8) is 0 Å². The quantitative estimate of drug-likeness (QED) is 0.782. The Labute approximate surface area is 140 Å². The third-order valence-electron chi connectivity index (χ3n) is 4.09. The van der Waals surface area contributed by atoms with Crippen molar-refractivity contribution in [3.05, 3.63) is 42.5 Å². The Hall–Kier alpha value is -2.54. The summed E-state index contributed by atoms with van der Waals surface area (Å²) in [4.78, 5) is 18.7. The molecular formula is C17H22N4O3. The summed E-state index contributed by atoms with van der Waals surface area (Å²) < 4.78 is 5.20. The normalized spacial score (nSPS) is 16.7. The number of nitrogens with zero attached hydrogens (tertiary/aromatic N) is 2. The highest BCUT2D eigenvalue weighted by molar-refractivity contribution is 5.92. The fraction of sp³-hybridized carbons (Fsp3) is 0.412. The zero-order valence-electron chi connectivity index (χ0n) is 13.7. The number of pyridine rings is 1. The minimum atomic E-state index is -1.27. The smallest absolute Gasteiger partial charge is 0.319 e. The van der Waals surface area contributed by atoms with Gasteiger partial charge in [-0.3, -0.25) is 0 Å². The predicted molar refractivity (Wildman–Crippen MR) is 91.0 cm³/mol. The maximum absolute atomic E-state index is 12.2. The Bertz CT molecular complexity index is 679. The summed E-state index contributed by atoms with van der Waals surface area (Å²) in [5.41, 5.74) is -0.609. The lowest BCUT2D eigenvalue weighted by Crippen LogP contribution is -2.40. The molecule has 1 aliphatic heterocycles. The summed E-state index contributed by atoms with van der Waals surface area (Å²) in [6.07, 6.45) is 5.47. The molecule has 2 aromatic heterocycles. The number of nitrogens with one attached hydrogen (secondary N) is 2. The standard InChI is InChI=1S/C17H22N4O3/c1-17(23,14-7-5-11-24-14)12-19-16(22)20-13-6-4-8-18-15(13)21-9-2-3-10-21/h4-8,11,23H,2-3,9-10,12H2,1H3,(H2,19,20,22). The van der Waals surface area contributed by atoms with Crippen molar-refractivity contribution in [2.24, 2.45) is 0 Å². The van der Waals surface area contributed by atoms with E-state index in [2.05, 4.69) is 20.5 Å². The summed E-state index contributed by atoms with van der Waals surface area (Å²) in [6, 6.07) is 6.59. The molecule has 1 atom stereocenters. The molecule has 3 heterocycles. The number of furan rings is 1. The van der Waals surface area contributed by atoms with Crippen LogP contribution in [0.3, 0.4) is 0 Å². The zero-order chi connectivity index (χ0) is 17.0. The van der Waals surface area contributed by atoms with Gasteiger partial charge >= 0.3 is 6.03 Å². The van der Waals surface area contributed by atoms with Crippen molar-refractivity contribution in [1.82, 2.24) is 10.3 Å². The van der Waals surface area contributed by atoms with Crippen LogP contribution in [-0.2, 0) is 5.60 Å². The second-order valence-electron chi connectivity index (χ2n) is 6.13. The van der Waals surface area contributed by atoms with Crippen LogP contribution in [-0.4, -0.2) is 35.8 Å². The van der Waals surface area contributed by atoms with Crippen LogP contribution in [0.1, 0.15) is 25.5 Å². The Balaban J connectivity index is 1.61. The van der Waals surface area contributed by atoms with E-state index in [0.717, 1.165) is 31.7 Å². The third kappa shape index (κ3) is 3.68. The van der Waals surface area contributed by atoms with E-state index in [4.69, 9.17) is 4.42 Å². The molecule has 3 rings (SSSR count). The first-order chi connectivity index (χ1) is 11.6. The molecule has 2 aromatic rings. The highest BCUT2D eigenvalue weighted by atomic mass is 16.4. The number of aromatic nitrogens is 1. The van der Waals surface area contributed by atoms with Crippen molar-refractivity contribution in [2.75, 3.05) is 29.9 Å². The van der Waals surface area contributed by atoms with E-state index in [1.165, 1.54) is 6.26 Å². The van der Waals surface area contributed by atoms with Gasteiger partial charge in [0.05, 0.1) is 18.5 Å². The number of aliphatic hydroxyl groups is 1. The lowest BCUT2D eigenvalue weighted by atomic mass is 10.0. The predicted octanol–water partition coefficient (Wildman–Crippen LogP) is 2.30. The van der Waals surface area contributed by atoms with Gasteiger partial charge in [0.2, 0.25) is 0 Å². The molecule has 24 heavy (non-hydrogen) atoms. The van der Waals surface area contributed by atoms with E-state index in [-0.39, 0.29) is 6.54 Å². The molecule has 128 valence electrons. The molecule has 7 nitrogen and oxygen atoms in total. The van der Waals surface area contributed by atoms with Crippen LogP contribution < -0.4 is 15.5 Å². The van der Waals surface area contributed by atoms with E-state index >= 15 is 0 Å². The van der Waals surface area contributed by atoms with Crippen molar-refractivity contribution in [3.8, 4) is 0 Å². The van der Waals surface area contributed by atoms with Crippen molar-refractivity contribution in [1.29, 1.82) is 0 Å². The molecular weight excluding hydrogens is 308 g/mol. The number of carbonyl (C=O) groups excluding carboxylic acids is 1. The summed E-state index contributed by atoms with van der Waals surface area (Å²) in [6.45, 7) is 3.51. The van der Waals surface area contributed by atoms with Crippen LogP contribution in [0.5, 0.6) is 0 Å². The molecule has 3 N–H and O–H groups in total. The minimum Gasteiger partial charge on any atom is -0.466 e. The van der Waals surface area contributed by atoms with Crippen LogP contribution >= 0.6 is 0 Å². The molecule has 1 fully saturated rings. The Kier molecular flexibility index (Phi) is 4.71. The monoisotopic (exact) mass is 330 g/mol. The van der Waals surface area contributed by atoms with Crippen LogP contribution in [0, 0.1) is 0 Å². The SMILES string of the molecule is CC(O)(CNC(=O)Nc1cccnc1N1CCCC1)c1ccco1. The van der Waals surface area contributed by atoms with E-state index < -0.39 is 11.6 Å². The number of hydrogen-bond acceptors (Lipinski definition) is 5. The van der Waals surface area contributed by atoms with Gasteiger partial charge < -0.3 is 25.1 Å². The maximum Gasteiger partial charge on any atom is 0.319 e. The number of urea groups is 1. The van der Waals surface area contributed by atoms with E-state index in [1.807, 2.05) is 6.07 Å². The fourth-order valence-electron chi connectivity index (χ4n) is 2.77. The van der Waals surface area contributed by atoms with Gasteiger partial charge in [-0.05, 0) is 44.0 Å². The fourth-order valence-corrected chi connectivity index (χ4v) is 2.77. The summed E-state index contributed by atoms with van der Waals surface area (Å²) in [7, 11) is 0. The number of carbonyl (C=O) groups is 1. The maximum atomic E-state index is 12.2. The topological polar surface area (TPSA) is 90.6 Å². The van der Waals surface area contributed by atoms with E-state index in [0.29, 0.717) is 11.4 Å². The largest absolute Gasteiger partial charge is 0.466 e. The van der Waals surface area contributed by atoms with Crippen LogP contribution in [0.4, 0.5) is 16.3 Å².